The summed E-state index contributed by atoms with van der Waals surface area (Å²) in [5.41, 5.74) is 3.24. The van der Waals surface area contributed by atoms with Gasteiger partial charge in [-0.25, -0.2) is 4.98 Å². The minimum Gasteiger partial charge on any atom is -0.378 e. The Morgan fingerprint density at radius 3 is 2.48 bits per heavy atom. The van der Waals surface area contributed by atoms with Gasteiger partial charge < -0.3 is 19.7 Å². The van der Waals surface area contributed by atoms with Crippen LogP contribution in [-0.2, 0) is 13.1 Å². The zero-order chi connectivity index (χ0) is 22.3. The molecule has 8 nitrogen and oxygen atoms in total. The molecule has 1 aliphatic rings. The van der Waals surface area contributed by atoms with E-state index in [1.54, 1.807) is 4.90 Å². The summed E-state index contributed by atoms with van der Waals surface area (Å²) in [6, 6.07) is 8.35. The highest BCUT2D eigenvalue weighted by atomic mass is 35.5. The fourth-order valence-corrected chi connectivity index (χ4v) is 3.86. The molecule has 3 aromatic rings. The van der Waals surface area contributed by atoms with E-state index in [1.165, 1.54) is 6.20 Å². The molecule has 1 amide bonds. The molecule has 31 heavy (non-hydrogen) atoms. The normalized spacial score (nSPS) is 13.8. The van der Waals surface area contributed by atoms with Crippen molar-refractivity contribution in [1.82, 2.24) is 24.6 Å². The summed E-state index contributed by atoms with van der Waals surface area (Å²) >= 11 is 6.10. The average Bonchev–Trinajstić information content (AvgIpc) is 3.29. The number of H-pyrrole nitrogens is 1. The number of carbonyl (C=O) groups is 1. The summed E-state index contributed by atoms with van der Waals surface area (Å²) in [4.78, 5) is 21.7. The van der Waals surface area contributed by atoms with Crippen LogP contribution in [-0.4, -0.2) is 56.7 Å². The second-order valence-electron chi connectivity index (χ2n) is 9.01. The van der Waals surface area contributed by atoms with Crippen molar-refractivity contribution in [1.29, 1.82) is 0 Å². The zero-order valence-electron chi connectivity index (χ0n) is 18.5. The minimum absolute atomic E-state index is 0.133. The maximum absolute atomic E-state index is 12.9. The van der Waals surface area contributed by atoms with Crippen LogP contribution in [0.2, 0.25) is 5.02 Å². The molecule has 0 radical (unpaired) electrons. The number of benzene rings is 1. The van der Waals surface area contributed by atoms with Crippen molar-refractivity contribution in [3.63, 3.8) is 0 Å². The highest BCUT2D eigenvalue weighted by Gasteiger charge is 2.30. The molecule has 0 unspecified atom stereocenters. The van der Waals surface area contributed by atoms with Crippen LogP contribution in [0.5, 0.6) is 0 Å². The van der Waals surface area contributed by atoms with E-state index in [1.807, 2.05) is 14.1 Å². The first-order valence-electron chi connectivity index (χ1n) is 10.3. The van der Waals surface area contributed by atoms with E-state index >= 15 is 0 Å². The van der Waals surface area contributed by atoms with Crippen molar-refractivity contribution in [2.24, 2.45) is 0 Å². The van der Waals surface area contributed by atoms with Crippen LogP contribution in [0.1, 0.15) is 37.1 Å². The molecule has 0 spiro atoms. The minimum atomic E-state index is -0.168. The van der Waals surface area contributed by atoms with Gasteiger partial charge in [0.15, 0.2) is 0 Å². The van der Waals surface area contributed by atoms with Crippen molar-refractivity contribution in [3.05, 3.63) is 47.0 Å². The number of fused-ring (bicyclic) bond motifs is 1. The second kappa shape index (κ2) is 7.92. The van der Waals surface area contributed by atoms with Gasteiger partial charge in [-0.3, -0.25) is 9.89 Å². The third kappa shape index (κ3) is 4.25. The standard InChI is InChI=1S/C22H28ClN7O/c1-22(2,3)26-20-18(14-6-8-15(9-7-14)28(4)5)25-17-13-29(10-11-30(17)20)21(31)19-16(23)12-24-27-19/h6-9,12,26H,10-11,13H2,1-5H3,(H,24,27). The number of aromatic nitrogens is 4. The Balaban J connectivity index is 1.70. The predicted octanol–water partition coefficient (Wildman–Crippen LogP) is 3.86. The maximum Gasteiger partial charge on any atom is 0.273 e. The van der Waals surface area contributed by atoms with Crippen LogP contribution in [0.3, 0.4) is 0 Å². The summed E-state index contributed by atoms with van der Waals surface area (Å²) in [6.45, 7) is 8.01. The molecular weight excluding hydrogens is 414 g/mol. The van der Waals surface area contributed by atoms with Gasteiger partial charge >= 0.3 is 0 Å². The zero-order valence-corrected chi connectivity index (χ0v) is 19.3. The van der Waals surface area contributed by atoms with Gasteiger partial charge in [0.05, 0.1) is 17.8 Å². The molecule has 164 valence electrons. The topological polar surface area (TPSA) is 82.1 Å². The molecule has 9 heteroatoms. The van der Waals surface area contributed by atoms with Gasteiger partial charge in [-0.15, -0.1) is 0 Å². The molecule has 3 heterocycles. The summed E-state index contributed by atoms with van der Waals surface area (Å²) in [5, 5.41) is 10.5. The number of halogens is 1. The lowest BCUT2D eigenvalue weighted by molar-refractivity contribution is 0.0702. The summed E-state index contributed by atoms with van der Waals surface area (Å²) in [6.07, 6.45) is 1.44. The number of hydrogen-bond donors (Lipinski definition) is 2. The van der Waals surface area contributed by atoms with Gasteiger partial charge in [-0.2, -0.15) is 5.10 Å². The Morgan fingerprint density at radius 1 is 1.19 bits per heavy atom. The summed E-state index contributed by atoms with van der Waals surface area (Å²) < 4.78 is 2.18. The van der Waals surface area contributed by atoms with E-state index in [0.717, 1.165) is 28.6 Å². The smallest absolute Gasteiger partial charge is 0.273 e. The molecule has 0 saturated heterocycles. The Kier molecular flexibility index (Phi) is 5.43. The van der Waals surface area contributed by atoms with Crippen molar-refractivity contribution in [3.8, 4) is 11.3 Å². The maximum atomic E-state index is 12.9. The third-order valence-electron chi connectivity index (χ3n) is 5.22. The largest absolute Gasteiger partial charge is 0.378 e. The number of nitrogens with zero attached hydrogens (tertiary/aromatic N) is 5. The van der Waals surface area contributed by atoms with E-state index in [4.69, 9.17) is 16.6 Å². The number of carbonyl (C=O) groups excluding carboxylic acids is 1. The van der Waals surface area contributed by atoms with E-state index in [2.05, 4.69) is 70.0 Å². The fourth-order valence-electron chi connectivity index (χ4n) is 3.68. The molecule has 1 aliphatic heterocycles. The van der Waals surface area contributed by atoms with Gasteiger partial charge in [-0.1, -0.05) is 23.7 Å². The second-order valence-corrected chi connectivity index (χ2v) is 9.42. The van der Waals surface area contributed by atoms with Gasteiger partial charge in [0.1, 0.15) is 23.0 Å². The van der Waals surface area contributed by atoms with Gasteiger partial charge in [0, 0.05) is 44.0 Å². The first-order valence-corrected chi connectivity index (χ1v) is 10.7. The number of amides is 1. The van der Waals surface area contributed by atoms with Crippen LogP contribution < -0.4 is 10.2 Å². The van der Waals surface area contributed by atoms with Crippen molar-refractivity contribution in [2.75, 3.05) is 30.9 Å². The number of rotatable bonds is 4. The van der Waals surface area contributed by atoms with Gasteiger partial charge in [0.25, 0.3) is 5.91 Å². The molecular formula is C22H28ClN7O. The fraction of sp³-hybridized carbons (Fsp3) is 0.409. The lowest BCUT2D eigenvalue weighted by Gasteiger charge is -2.30. The van der Waals surface area contributed by atoms with Gasteiger partial charge in [0.2, 0.25) is 0 Å². The molecule has 0 atom stereocenters. The van der Waals surface area contributed by atoms with Crippen LogP contribution in [0, 0.1) is 0 Å². The highest BCUT2D eigenvalue weighted by molar-refractivity contribution is 6.33. The number of anilines is 2. The van der Waals surface area contributed by atoms with Crippen LogP contribution in [0.4, 0.5) is 11.5 Å². The highest BCUT2D eigenvalue weighted by Crippen LogP contribution is 2.34. The molecule has 0 aliphatic carbocycles. The number of nitrogens with one attached hydrogen (secondary N) is 2. The Labute approximate surface area is 187 Å². The lowest BCUT2D eigenvalue weighted by atomic mass is 10.1. The quantitative estimate of drug-likeness (QED) is 0.642. The van der Waals surface area contributed by atoms with E-state index in [-0.39, 0.29) is 11.4 Å². The number of aromatic amines is 1. The van der Waals surface area contributed by atoms with Crippen LogP contribution in [0.15, 0.2) is 30.5 Å². The summed E-state index contributed by atoms with van der Waals surface area (Å²) in [5.74, 6) is 1.65. The molecule has 4 rings (SSSR count). The van der Waals surface area contributed by atoms with Crippen molar-refractivity contribution < 1.29 is 4.79 Å². The Hall–Kier alpha value is -3.00. The molecule has 1 aromatic carbocycles. The van der Waals surface area contributed by atoms with Crippen molar-refractivity contribution >= 4 is 29.0 Å². The SMILES string of the molecule is CN(C)c1ccc(-c2nc3n(c2NC(C)(C)C)CCN(C(=O)c2[nH]ncc2Cl)C3)cc1. The molecule has 0 saturated carbocycles. The predicted molar refractivity (Wildman–Crippen MR) is 124 cm³/mol. The lowest BCUT2D eigenvalue weighted by Crippen LogP contribution is -2.39. The molecule has 2 aromatic heterocycles. The third-order valence-corrected chi connectivity index (χ3v) is 5.50. The van der Waals surface area contributed by atoms with Crippen molar-refractivity contribution in [2.45, 2.75) is 39.4 Å². The van der Waals surface area contributed by atoms with E-state index < -0.39 is 0 Å². The van der Waals surface area contributed by atoms with Gasteiger partial charge in [-0.05, 0) is 32.9 Å². The van der Waals surface area contributed by atoms with E-state index in [0.29, 0.717) is 30.4 Å². The first-order chi connectivity index (χ1) is 14.6. The Bertz CT molecular complexity index is 1090. The number of hydrogen-bond acceptors (Lipinski definition) is 5. The molecule has 2 N–H and O–H groups in total. The number of imidazole rings is 1. The average molecular weight is 442 g/mol. The molecule has 0 bridgehead atoms. The Morgan fingerprint density at radius 2 is 1.90 bits per heavy atom. The van der Waals surface area contributed by atoms with Crippen LogP contribution in [0.25, 0.3) is 11.3 Å². The summed E-state index contributed by atoms with van der Waals surface area (Å²) in [7, 11) is 4.04. The van der Waals surface area contributed by atoms with E-state index in [9.17, 15) is 4.79 Å². The first kappa shape index (κ1) is 21.2. The molecule has 0 fully saturated rings. The van der Waals surface area contributed by atoms with Crippen LogP contribution >= 0.6 is 11.6 Å². The monoisotopic (exact) mass is 441 g/mol.